The maximum Gasteiger partial charge on any atom is 0.191 e. The molecule has 6 heteroatoms. The second-order valence-electron chi connectivity index (χ2n) is 6.31. The van der Waals surface area contributed by atoms with Crippen molar-refractivity contribution in [1.29, 1.82) is 0 Å². The third-order valence-corrected chi connectivity index (χ3v) is 5.97. The molecule has 4 aromatic rings. The largest absolute Gasteiger partial charge is 0.347 e. The molecule has 2 aromatic carbocycles. The third kappa shape index (κ3) is 3.49. The first-order valence-electron chi connectivity index (χ1n) is 9.10. The molecule has 0 N–H and O–H groups in total. The quantitative estimate of drug-likeness (QED) is 0.381. The topological polar surface area (TPSA) is 35.6 Å². The van der Waals surface area contributed by atoms with Crippen LogP contribution in [0.4, 0.5) is 0 Å². The monoisotopic (exact) mass is 396 g/mol. The SMILES string of the molecule is CCn1c(SCc2ccc(Cl)cc2)nnc1-c1cn(CC)c2ccccc12. The molecule has 0 bridgehead atoms. The fraction of sp³-hybridized carbons (Fsp3) is 0.238. The highest BCUT2D eigenvalue weighted by molar-refractivity contribution is 7.98. The number of hydrogen-bond acceptors (Lipinski definition) is 3. The van der Waals surface area contributed by atoms with E-state index < -0.39 is 0 Å². The van der Waals surface area contributed by atoms with E-state index in [0.29, 0.717) is 0 Å². The molecule has 0 aliphatic rings. The van der Waals surface area contributed by atoms with Crippen molar-refractivity contribution in [1.82, 2.24) is 19.3 Å². The lowest BCUT2D eigenvalue weighted by Crippen LogP contribution is -1.99. The van der Waals surface area contributed by atoms with Gasteiger partial charge in [-0.25, -0.2) is 0 Å². The number of hydrogen-bond donors (Lipinski definition) is 0. The van der Waals surface area contributed by atoms with Gasteiger partial charge in [0.25, 0.3) is 0 Å². The molecular formula is C21H21ClN4S. The summed E-state index contributed by atoms with van der Waals surface area (Å²) in [7, 11) is 0. The molecule has 0 saturated heterocycles. The van der Waals surface area contributed by atoms with Gasteiger partial charge >= 0.3 is 0 Å². The van der Waals surface area contributed by atoms with Gasteiger partial charge < -0.3 is 9.13 Å². The lowest BCUT2D eigenvalue weighted by molar-refractivity contribution is 0.687. The van der Waals surface area contributed by atoms with E-state index in [0.717, 1.165) is 40.4 Å². The molecule has 138 valence electrons. The Kier molecular flexibility index (Phi) is 5.23. The summed E-state index contributed by atoms with van der Waals surface area (Å²) in [5.74, 6) is 1.77. The van der Waals surface area contributed by atoms with Crippen LogP contribution in [0.25, 0.3) is 22.3 Å². The number of nitrogens with zero attached hydrogens (tertiary/aromatic N) is 4. The van der Waals surface area contributed by atoms with Crippen LogP contribution in [-0.4, -0.2) is 19.3 Å². The van der Waals surface area contributed by atoms with Gasteiger partial charge in [-0.2, -0.15) is 0 Å². The van der Waals surface area contributed by atoms with Crippen LogP contribution in [0, 0.1) is 0 Å². The molecule has 0 aliphatic carbocycles. The summed E-state index contributed by atoms with van der Waals surface area (Å²) in [6, 6.07) is 16.4. The number of rotatable bonds is 6. The Morgan fingerprint density at radius 3 is 2.48 bits per heavy atom. The summed E-state index contributed by atoms with van der Waals surface area (Å²) >= 11 is 7.68. The fourth-order valence-electron chi connectivity index (χ4n) is 3.29. The minimum atomic E-state index is 0.759. The van der Waals surface area contributed by atoms with E-state index in [1.807, 2.05) is 12.1 Å². The molecule has 2 aromatic heterocycles. The number of thioether (sulfide) groups is 1. The highest BCUT2D eigenvalue weighted by Gasteiger charge is 2.17. The first-order valence-corrected chi connectivity index (χ1v) is 10.5. The second-order valence-corrected chi connectivity index (χ2v) is 7.69. The zero-order valence-electron chi connectivity index (χ0n) is 15.4. The number of aromatic nitrogens is 4. The zero-order valence-corrected chi connectivity index (χ0v) is 17.0. The highest BCUT2D eigenvalue weighted by atomic mass is 35.5. The van der Waals surface area contributed by atoms with Crippen molar-refractivity contribution in [2.24, 2.45) is 0 Å². The summed E-state index contributed by atoms with van der Waals surface area (Å²) < 4.78 is 4.46. The second kappa shape index (κ2) is 7.79. The Morgan fingerprint density at radius 1 is 0.963 bits per heavy atom. The van der Waals surface area contributed by atoms with Crippen molar-refractivity contribution in [2.45, 2.75) is 37.8 Å². The maximum atomic E-state index is 5.97. The van der Waals surface area contributed by atoms with Crippen LogP contribution in [-0.2, 0) is 18.8 Å². The van der Waals surface area contributed by atoms with Crippen molar-refractivity contribution >= 4 is 34.3 Å². The van der Waals surface area contributed by atoms with E-state index in [1.54, 1.807) is 11.8 Å². The predicted octanol–water partition coefficient (Wildman–Crippen LogP) is 5.89. The third-order valence-electron chi connectivity index (χ3n) is 4.68. The predicted molar refractivity (Wildman–Crippen MR) is 113 cm³/mol. The van der Waals surface area contributed by atoms with Crippen LogP contribution in [0.2, 0.25) is 5.02 Å². The van der Waals surface area contributed by atoms with Gasteiger partial charge in [-0.3, -0.25) is 0 Å². The molecule has 0 aliphatic heterocycles. The number of para-hydroxylation sites is 1. The molecule has 0 unspecified atom stereocenters. The summed E-state index contributed by atoms with van der Waals surface area (Å²) in [5, 5.41) is 11.9. The molecule has 0 atom stereocenters. The number of halogens is 1. The summed E-state index contributed by atoms with van der Waals surface area (Å²) in [4.78, 5) is 0. The van der Waals surface area contributed by atoms with Gasteiger partial charge in [0, 0.05) is 46.5 Å². The van der Waals surface area contributed by atoms with Gasteiger partial charge in [-0.1, -0.05) is 53.7 Å². The molecule has 4 rings (SSSR count). The molecule has 0 radical (unpaired) electrons. The van der Waals surface area contributed by atoms with E-state index in [1.165, 1.54) is 16.5 Å². The molecule has 0 spiro atoms. The van der Waals surface area contributed by atoms with Crippen molar-refractivity contribution in [3.63, 3.8) is 0 Å². The minimum Gasteiger partial charge on any atom is -0.347 e. The first kappa shape index (κ1) is 18.1. The molecule has 0 amide bonds. The van der Waals surface area contributed by atoms with Crippen LogP contribution >= 0.6 is 23.4 Å². The first-order chi connectivity index (χ1) is 13.2. The molecule has 4 nitrogen and oxygen atoms in total. The summed E-state index contributed by atoms with van der Waals surface area (Å²) in [6.07, 6.45) is 2.19. The molecule has 27 heavy (non-hydrogen) atoms. The average molecular weight is 397 g/mol. The average Bonchev–Trinajstić information content (AvgIpc) is 3.28. The lowest BCUT2D eigenvalue weighted by atomic mass is 10.1. The van der Waals surface area contributed by atoms with Gasteiger partial charge in [-0.05, 0) is 37.6 Å². The Balaban J connectivity index is 1.68. The van der Waals surface area contributed by atoms with E-state index in [-0.39, 0.29) is 0 Å². The van der Waals surface area contributed by atoms with Crippen LogP contribution < -0.4 is 0 Å². The van der Waals surface area contributed by atoms with Crippen molar-refractivity contribution < 1.29 is 0 Å². The van der Waals surface area contributed by atoms with Crippen molar-refractivity contribution in [3.8, 4) is 11.4 Å². The van der Waals surface area contributed by atoms with Gasteiger partial charge in [0.2, 0.25) is 0 Å². The number of benzene rings is 2. The van der Waals surface area contributed by atoms with Crippen molar-refractivity contribution in [3.05, 3.63) is 65.3 Å². The fourth-order valence-corrected chi connectivity index (χ4v) is 4.38. The Morgan fingerprint density at radius 2 is 1.74 bits per heavy atom. The van der Waals surface area contributed by atoms with Gasteiger partial charge in [-0.15, -0.1) is 10.2 Å². The minimum absolute atomic E-state index is 0.759. The smallest absolute Gasteiger partial charge is 0.191 e. The van der Waals surface area contributed by atoms with Crippen molar-refractivity contribution in [2.75, 3.05) is 0 Å². The molecular weight excluding hydrogens is 376 g/mol. The standard InChI is InChI=1S/C21H21ClN4S/c1-3-25-13-18(17-7-5-6-8-19(17)25)20-23-24-21(26(20)4-2)27-14-15-9-11-16(22)12-10-15/h5-13H,3-4,14H2,1-2H3. The Bertz CT molecular complexity index is 1070. The number of fused-ring (bicyclic) bond motifs is 1. The maximum absolute atomic E-state index is 5.97. The normalized spacial score (nSPS) is 11.4. The molecule has 0 fully saturated rings. The van der Waals surface area contributed by atoms with E-state index >= 15 is 0 Å². The number of aryl methyl sites for hydroxylation is 1. The van der Waals surface area contributed by atoms with Crippen LogP contribution in [0.15, 0.2) is 59.9 Å². The lowest BCUT2D eigenvalue weighted by Gasteiger charge is -2.07. The van der Waals surface area contributed by atoms with E-state index in [2.05, 4.69) is 75.8 Å². The van der Waals surface area contributed by atoms with Gasteiger partial charge in [0.15, 0.2) is 11.0 Å². The van der Waals surface area contributed by atoms with Crippen LogP contribution in [0.3, 0.4) is 0 Å². The van der Waals surface area contributed by atoms with Crippen LogP contribution in [0.1, 0.15) is 19.4 Å². The van der Waals surface area contributed by atoms with Crippen LogP contribution in [0.5, 0.6) is 0 Å². The molecule has 0 saturated carbocycles. The van der Waals surface area contributed by atoms with E-state index in [4.69, 9.17) is 11.6 Å². The molecule has 2 heterocycles. The Hall–Kier alpha value is -2.24. The highest BCUT2D eigenvalue weighted by Crippen LogP contribution is 2.32. The zero-order chi connectivity index (χ0) is 18.8. The summed E-state index contributed by atoms with van der Waals surface area (Å²) in [5.41, 5.74) is 3.59. The Labute approximate surface area is 168 Å². The summed E-state index contributed by atoms with van der Waals surface area (Å²) in [6.45, 7) is 6.06. The van der Waals surface area contributed by atoms with Gasteiger partial charge in [0.1, 0.15) is 0 Å². The van der Waals surface area contributed by atoms with E-state index in [9.17, 15) is 0 Å². The van der Waals surface area contributed by atoms with Gasteiger partial charge in [0.05, 0.1) is 0 Å².